The van der Waals surface area contributed by atoms with Crippen LogP contribution in [0.1, 0.15) is 48.5 Å². The lowest BCUT2D eigenvalue weighted by Crippen LogP contribution is -2.48. The number of hydrazine groups is 1. The Hall–Kier alpha value is -1.44. The van der Waals surface area contributed by atoms with Crippen LogP contribution in [0, 0.1) is 0 Å². The monoisotopic (exact) mass is 346 g/mol. The van der Waals surface area contributed by atoms with Crippen molar-refractivity contribution in [3.05, 3.63) is 0 Å². The van der Waals surface area contributed by atoms with E-state index in [0.29, 0.717) is 0 Å². The zero-order chi connectivity index (χ0) is 18.0. The minimum Gasteiger partial charge on any atom is -0.442 e. The third kappa shape index (κ3) is 6.68. The van der Waals surface area contributed by atoms with Gasteiger partial charge in [0.25, 0.3) is 0 Å². The van der Waals surface area contributed by atoms with Gasteiger partial charge in [-0.05, 0) is 41.5 Å². The molecule has 0 bridgehead atoms. The second-order valence-electron chi connectivity index (χ2n) is 7.36. The largest absolute Gasteiger partial charge is 0.442 e. The van der Waals surface area contributed by atoms with Gasteiger partial charge in [0.1, 0.15) is 11.2 Å². The topological polar surface area (TPSA) is 76.2 Å². The molecule has 0 atom stereocenters. The Kier molecular flexibility index (Phi) is 5.95. The number of carbonyl (C=O) groups is 3. The van der Waals surface area contributed by atoms with Gasteiger partial charge in [-0.25, -0.2) is 19.6 Å². The van der Waals surface area contributed by atoms with Crippen molar-refractivity contribution >= 4 is 29.1 Å². The summed E-state index contributed by atoms with van der Waals surface area (Å²) < 4.78 is 10.7. The SMILES string of the molecule is CC(=O)SC1CN(C(=O)OC(C)(C)C)N(C(=O)OC(C)(C)C)C1. The van der Waals surface area contributed by atoms with Crippen LogP contribution >= 0.6 is 11.8 Å². The average molecular weight is 346 g/mol. The maximum Gasteiger partial charge on any atom is 0.429 e. The van der Waals surface area contributed by atoms with Crippen LogP contribution in [0.4, 0.5) is 9.59 Å². The van der Waals surface area contributed by atoms with Gasteiger partial charge < -0.3 is 9.47 Å². The summed E-state index contributed by atoms with van der Waals surface area (Å²) in [7, 11) is 0. The number of hydrogen-bond donors (Lipinski definition) is 0. The van der Waals surface area contributed by atoms with Crippen molar-refractivity contribution in [2.24, 2.45) is 0 Å². The van der Waals surface area contributed by atoms with Gasteiger partial charge in [-0.2, -0.15) is 0 Å². The van der Waals surface area contributed by atoms with E-state index in [0.717, 1.165) is 11.8 Å². The summed E-state index contributed by atoms with van der Waals surface area (Å²) in [5.41, 5.74) is -1.36. The van der Waals surface area contributed by atoms with E-state index in [9.17, 15) is 14.4 Å². The highest BCUT2D eigenvalue weighted by Crippen LogP contribution is 2.26. The number of amides is 2. The Morgan fingerprint density at radius 2 is 1.22 bits per heavy atom. The highest BCUT2D eigenvalue weighted by molar-refractivity contribution is 8.14. The zero-order valence-corrected chi connectivity index (χ0v) is 15.7. The molecule has 1 fully saturated rings. The molecule has 0 aromatic carbocycles. The molecule has 8 heteroatoms. The molecule has 0 unspecified atom stereocenters. The zero-order valence-electron chi connectivity index (χ0n) is 14.8. The van der Waals surface area contributed by atoms with Gasteiger partial charge in [0.15, 0.2) is 5.12 Å². The maximum absolute atomic E-state index is 12.3. The fourth-order valence-corrected chi connectivity index (χ4v) is 2.83. The van der Waals surface area contributed by atoms with Gasteiger partial charge in [0.05, 0.1) is 18.3 Å². The second kappa shape index (κ2) is 6.98. The van der Waals surface area contributed by atoms with E-state index in [4.69, 9.17) is 9.47 Å². The van der Waals surface area contributed by atoms with E-state index in [2.05, 4.69) is 0 Å². The molecule has 0 aromatic rings. The summed E-state index contributed by atoms with van der Waals surface area (Å²) in [6.45, 7) is 12.4. The van der Waals surface area contributed by atoms with Gasteiger partial charge in [0.2, 0.25) is 0 Å². The number of thioether (sulfide) groups is 1. The van der Waals surface area contributed by atoms with Gasteiger partial charge in [-0.3, -0.25) is 4.79 Å². The predicted molar refractivity (Wildman–Crippen MR) is 87.9 cm³/mol. The molecule has 0 N–H and O–H groups in total. The Morgan fingerprint density at radius 1 is 0.870 bits per heavy atom. The van der Waals surface area contributed by atoms with Crippen LogP contribution in [0.3, 0.4) is 0 Å². The first-order valence-corrected chi connectivity index (χ1v) is 8.34. The molecule has 1 saturated heterocycles. The van der Waals surface area contributed by atoms with Crippen LogP contribution in [0.2, 0.25) is 0 Å². The third-order valence-electron chi connectivity index (χ3n) is 2.59. The van der Waals surface area contributed by atoms with Crippen LogP contribution in [0.15, 0.2) is 0 Å². The molecule has 0 spiro atoms. The van der Waals surface area contributed by atoms with Crippen LogP contribution in [-0.2, 0) is 14.3 Å². The summed E-state index contributed by atoms with van der Waals surface area (Å²) in [5, 5.41) is 2.15. The van der Waals surface area contributed by atoms with Crippen molar-refractivity contribution in [2.75, 3.05) is 13.1 Å². The van der Waals surface area contributed by atoms with Crippen LogP contribution < -0.4 is 0 Å². The Labute approximate surface area is 141 Å². The molecule has 0 aliphatic carbocycles. The molecule has 0 radical (unpaired) electrons. The maximum atomic E-state index is 12.3. The van der Waals surface area contributed by atoms with Gasteiger partial charge in [-0.1, -0.05) is 11.8 Å². The number of hydrogen-bond acceptors (Lipinski definition) is 6. The minimum atomic E-state index is -0.678. The molecule has 7 nitrogen and oxygen atoms in total. The predicted octanol–water partition coefficient (Wildman–Crippen LogP) is 3.04. The van der Waals surface area contributed by atoms with Crippen molar-refractivity contribution in [1.82, 2.24) is 10.0 Å². The number of ether oxygens (including phenoxy) is 2. The molecule has 132 valence electrons. The summed E-state index contributed by atoms with van der Waals surface area (Å²) in [6, 6.07) is 0. The van der Waals surface area contributed by atoms with Crippen molar-refractivity contribution in [2.45, 2.75) is 64.9 Å². The number of rotatable bonds is 1. The molecule has 0 saturated carbocycles. The van der Waals surface area contributed by atoms with E-state index in [1.165, 1.54) is 16.9 Å². The van der Waals surface area contributed by atoms with Gasteiger partial charge in [-0.15, -0.1) is 0 Å². The van der Waals surface area contributed by atoms with Gasteiger partial charge >= 0.3 is 12.2 Å². The van der Waals surface area contributed by atoms with Crippen molar-refractivity contribution < 1.29 is 23.9 Å². The van der Waals surface area contributed by atoms with E-state index < -0.39 is 23.4 Å². The Balaban J connectivity index is 2.90. The van der Waals surface area contributed by atoms with Crippen molar-refractivity contribution in [1.29, 1.82) is 0 Å². The molecule has 23 heavy (non-hydrogen) atoms. The smallest absolute Gasteiger partial charge is 0.429 e. The summed E-state index contributed by atoms with van der Waals surface area (Å²) >= 11 is 1.10. The van der Waals surface area contributed by atoms with Crippen LogP contribution in [0.25, 0.3) is 0 Å². The van der Waals surface area contributed by atoms with Gasteiger partial charge in [0, 0.05) is 6.92 Å². The molecule has 1 aliphatic heterocycles. The normalized spacial score (nSPS) is 16.5. The second-order valence-corrected chi connectivity index (χ2v) is 8.83. The lowest BCUT2D eigenvalue weighted by Gasteiger charge is -2.31. The molecular weight excluding hydrogens is 320 g/mol. The van der Waals surface area contributed by atoms with Crippen LogP contribution in [0.5, 0.6) is 0 Å². The van der Waals surface area contributed by atoms with Crippen molar-refractivity contribution in [3.63, 3.8) is 0 Å². The standard InChI is InChI=1S/C15H26N2O5S/c1-10(18)23-11-8-16(12(19)21-14(2,3)4)17(9-11)13(20)22-15(5,6)7/h11H,8-9H2,1-7H3. The summed E-state index contributed by atoms with van der Waals surface area (Å²) in [5.74, 6) is 0. The minimum absolute atomic E-state index is 0.0647. The van der Waals surface area contributed by atoms with E-state index in [1.807, 2.05) is 0 Å². The third-order valence-corrected chi connectivity index (χ3v) is 3.55. The highest BCUT2D eigenvalue weighted by atomic mass is 32.2. The van der Waals surface area contributed by atoms with E-state index in [1.54, 1.807) is 41.5 Å². The molecule has 0 aromatic heterocycles. The average Bonchev–Trinajstić information content (AvgIpc) is 2.67. The Morgan fingerprint density at radius 3 is 1.48 bits per heavy atom. The van der Waals surface area contributed by atoms with Crippen LogP contribution in [-0.4, -0.2) is 56.9 Å². The lowest BCUT2D eigenvalue weighted by atomic mass is 10.2. The quantitative estimate of drug-likeness (QED) is 0.726. The lowest BCUT2D eigenvalue weighted by molar-refractivity contribution is -0.109. The molecule has 2 amide bonds. The molecule has 1 rings (SSSR count). The molecule has 1 heterocycles. The summed E-state index contributed by atoms with van der Waals surface area (Å²) in [6.07, 6.45) is -1.26. The Bertz CT molecular complexity index is 445. The number of nitrogens with zero attached hydrogens (tertiary/aromatic N) is 2. The molecular formula is C15H26N2O5S. The first-order valence-electron chi connectivity index (χ1n) is 7.46. The highest BCUT2D eigenvalue weighted by Gasteiger charge is 2.41. The number of carbonyl (C=O) groups excluding carboxylic acids is 3. The van der Waals surface area contributed by atoms with E-state index >= 15 is 0 Å². The summed E-state index contributed by atoms with van der Waals surface area (Å²) in [4.78, 5) is 36.0. The first kappa shape index (κ1) is 19.6. The van der Waals surface area contributed by atoms with E-state index in [-0.39, 0.29) is 23.5 Å². The first-order chi connectivity index (χ1) is 10.3. The molecule has 1 aliphatic rings. The van der Waals surface area contributed by atoms with Crippen molar-refractivity contribution in [3.8, 4) is 0 Å². The fourth-order valence-electron chi connectivity index (χ4n) is 1.93. The fraction of sp³-hybridized carbons (Fsp3) is 0.800.